The van der Waals surface area contributed by atoms with Gasteiger partial charge in [-0.05, 0) is 42.7 Å². The number of H-pyrrole nitrogens is 1. The highest BCUT2D eigenvalue weighted by atomic mass is 19.1. The molecule has 6 nitrogen and oxygen atoms in total. The zero-order valence-corrected chi connectivity index (χ0v) is 17.0. The average Bonchev–Trinajstić information content (AvgIpc) is 3.33. The van der Waals surface area contributed by atoms with E-state index in [1.807, 2.05) is 13.8 Å². The molecule has 1 aliphatic carbocycles. The van der Waals surface area contributed by atoms with Crippen molar-refractivity contribution < 1.29 is 13.6 Å². The number of carbonyl (C=O) groups excluding carboxylic acids is 1. The zero-order valence-electron chi connectivity index (χ0n) is 17.0. The predicted molar refractivity (Wildman–Crippen MR) is 111 cm³/mol. The largest absolute Gasteiger partial charge is 0.464 e. The molecule has 1 atom stereocenters. The van der Waals surface area contributed by atoms with Crippen molar-refractivity contribution in [3.05, 3.63) is 75.2 Å². The lowest BCUT2D eigenvalue weighted by Gasteiger charge is -2.38. The van der Waals surface area contributed by atoms with E-state index in [4.69, 9.17) is 4.42 Å². The molecule has 2 aliphatic rings. The fourth-order valence-electron chi connectivity index (χ4n) is 4.56. The van der Waals surface area contributed by atoms with Gasteiger partial charge in [-0.3, -0.25) is 19.4 Å². The molecule has 0 amide bonds. The first-order chi connectivity index (χ1) is 14.3. The summed E-state index contributed by atoms with van der Waals surface area (Å²) >= 11 is 0. The van der Waals surface area contributed by atoms with E-state index in [1.165, 1.54) is 12.3 Å². The van der Waals surface area contributed by atoms with Crippen LogP contribution in [0.2, 0.25) is 0 Å². The summed E-state index contributed by atoms with van der Waals surface area (Å²) in [6.07, 6.45) is 2.91. The zero-order chi connectivity index (χ0) is 21.2. The van der Waals surface area contributed by atoms with Gasteiger partial charge in [-0.2, -0.15) is 0 Å². The lowest BCUT2D eigenvalue weighted by Crippen LogP contribution is -2.37. The number of halogens is 1. The molecule has 2 N–H and O–H groups in total. The predicted octanol–water partition coefficient (Wildman–Crippen LogP) is 4.31. The Kier molecular flexibility index (Phi) is 3.93. The number of allylic oxidation sites excluding steroid dienone is 2. The van der Waals surface area contributed by atoms with Crippen LogP contribution in [0, 0.1) is 11.2 Å². The molecule has 0 spiro atoms. The molecular formula is C23H22FN3O3. The van der Waals surface area contributed by atoms with Crippen LogP contribution in [-0.2, 0) is 11.8 Å². The fourth-order valence-corrected chi connectivity index (χ4v) is 4.56. The van der Waals surface area contributed by atoms with Crippen molar-refractivity contribution in [3.63, 3.8) is 0 Å². The number of nitrogens with zero attached hydrogens (tertiary/aromatic N) is 1. The molecule has 7 heteroatoms. The van der Waals surface area contributed by atoms with E-state index < -0.39 is 17.2 Å². The van der Waals surface area contributed by atoms with Gasteiger partial charge in [0.2, 0.25) is 0 Å². The summed E-state index contributed by atoms with van der Waals surface area (Å²) in [7, 11) is 1.75. The Labute approximate surface area is 172 Å². The number of aryl methyl sites for hydroxylation is 1. The summed E-state index contributed by atoms with van der Waals surface area (Å²) < 4.78 is 21.6. The molecule has 1 aromatic carbocycles. The van der Waals surface area contributed by atoms with Crippen LogP contribution in [0.15, 0.2) is 57.1 Å². The molecule has 154 valence electrons. The number of fused-ring (bicyclic) bond motifs is 1. The number of aromatic nitrogens is 2. The van der Waals surface area contributed by atoms with Gasteiger partial charge in [-0.15, -0.1) is 0 Å². The molecule has 3 heterocycles. The van der Waals surface area contributed by atoms with E-state index in [0.717, 1.165) is 12.1 Å². The monoisotopic (exact) mass is 407 g/mol. The quantitative estimate of drug-likeness (QED) is 0.663. The van der Waals surface area contributed by atoms with E-state index in [2.05, 4.69) is 10.4 Å². The van der Waals surface area contributed by atoms with Gasteiger partial charge in [-0.25, -0.2) is 4.39 Å². The molecule has 0 saturated carbocycles. The van der Waals surface area contributed by atoms with Crippen LogP contribution in [0.5, 0.6) is 0 Å². The van der Waals surface area contributed by atoms with Crippen molar-refractivity contribution in [2.45, 2.75) is 32.6 Å². The maximum Gasteiger partial charge on any atom is 0.270 e. The highest BCUT2D eigenvalue weighted by molar-refractivity contribution is 6.04. The minimum absolute atomic E-state index is 0.0130. The van der Waals surface area contributed by atoms with Gasteiger partial charge in [0.05, 0.1) is 17.4 Å². The van der Waals surface area contributed by atoms with Crippen molar-refractivity contribution in [2.75, 3.05) is 5.32 Å². The van der Waals surface area contributed by atoms with Gasteiger partial charge >= 0.3 is 0 Å². The van der Waals surface area contributed by atoms with Gasteiger partial charge < -0.3 is 9.73 Å². The summed E-state index contributed by atoms with van der Waals surface area (Å²) in [6, 6.07) is 8.07. The number of aromatic amines is 1. The first kappa shape index (κ1) is 18.7. The topological polar surface area (TPSA) is 80.0 Å². The van der Waals surface area contributed by atoms with E-state index in [-0.39, 0.29) is 11.3 Å². The molecular weight excluding hydrogens is 385 g/mol. The van der Waals surface area contributed by atoms with Crippen LogP contribution in [0.25, 0.3) is 11.3 Å². The van der Waals surface area contributed by atoms with Crippen LogP contribution >= 0.6 is 0 Å². The van der Waals surface area contributed by atoms with Crippen LogP contribution in [0.3, 0.4) is 0 Å². The van der Waals surface area contributed by atoms with E-state index in [0.29, 0.717) is 40.3 Å². The average molecular weight is 407 g/mol. The molecule has 0 radical (unpaired) electrons. The van der Waals surface area contributed by atoms with E-state index in [9.17, 15) is 14.0 Å². The maximum absolute atomic E-state index is 14.6. The molecule has 0 saturated heterocycles. The minimum atomic E-state index is -0.581. The van der Waals surface area contributed by atoms with E-state index in [1.54, 1.807) is 36.0 Å². The number of carbonyl (C=O) groups is 1. The molecule has 0 fully saturated rings. The smallest absolute Gasteiger partial charge is 0.270 e. The normalized spacial score (nSPS) is 20.0. The summed E-state index contributed by atoms with van der Waals surface area (Å²) in [4.78, 5) is 26.3. The number of rotatable bonds is 2. The number of hydrogen-bond donors (Lipinski definition) is 2. The van der Waals surface area contributed by atoms with Crippen molar-refractivity contribution in [2.24, 2.45) is 12.5 Å². The van der Waals surface area contributed by atoms with Gasteiger partial charge in [0.1, 0.15) is 17.4 Å². The van der Waals surface area contributed by atoms with Crippen LogP contribution in [0.4, 0.5) is 10.2 Å². The van der Waals surface area contributed by atoms with Crippen LogP contribution in [0.1, 0.15) is 43.7 Å². The number of anilines is 1. The Balaban J connectivity index is 1.77. The summed E-state index contributed by atoms with van der Waals surface area (Å²) in [6.45, 7) is 3.86. The number of hydrogen-bond acceptors (Lipinski definition) is 4. The third kappa shape index (κ3) is 2.61. The first-order valence-electron chi connectivity index (χ1n) is 9.95. The van der Waals surface area contributed by atoms with Crippen LogP contribution < -0.4 is 10.9 Å². The Morgan fingerprint density at radius 3 is 2.77 bits per heavy atom. The summed E-state index contributed by atoms with van der Waals surface area (Å²) in [5, 5.41) is 6.09. The van der Waals surface area contributed by atoms with Crippen LogP contribution in [-0.4, -0.2) is 15.6 Å². The molecule has 1 aliphatic heterocycles. The maximum atomic E-state index is 14.6. The number of ketones is 1. The summed E-state index contributed by atoms with van der Waals surface area (Å²) in [5.74, 6) is 0.0473. The Bertz CT molecular complexity index is 1260. The number of furan rings is 1. The van der Waals surface area contributed by atoms with Crippen molar-refractivity contribution in [1.82, 2.24) is 9.78 Å². The Morgan fingerprint density at radius 2 is 2.03 bits per heavy atom. The molecule has 5 rings (SSSR count). The van der Waals surface area contributed by atoms with Gasteiger partial charge in [0, 0.05) is 29.7 Å². The Morgan fingerprint density at radius 1 is 1.23 bits per heavy atom. The summed E-state index contributed by atoms with van der Waals surface area (Å²) in [5.41, 5.74) is 2.08. The number of nitrogens with one attached hydrogen (secondary N) is 2. The minimum Gasteiger partial charge on any atom is -0.464 e. The van der Waals surface area contributed by atoms with Gasteiger partial charge in [0.25, 0.3) is 5.56 Å². The highest BCUT2D eigenvalue weighted by Gasteiger charge is 2.44. The molecule has 3 aromatic rings. The second-order valence-electron chi connectivity index (χ2n) is 8.64. The van der Waals surface area contributed by atoms with Crippen molar-refractivity contribution in [3.8, 4) is 11.3 Å². The lowest BCUT2D eigenvalue weighted by atomic mass is 9.68. The Hall–Kier alpha value is -3.35. The van der Waals surface area contributed by atoms with Crippen molar-refractivity contribution >= 4 is 11.6 Å². The third-order valence-corrected chi connectivity index (χ3v) is 6.25. The second kappa shape index (κ2) is 6.32. The van der Waals surface area contributed by atoms with Gasteiger partial charge in [-0.1, -0.05) is 19.9 Å². The molecule has 1 unspecified atom stereocenters. The number of Topliss-reactive ketones (excluding diaryl/α,β-unsaturated/α-hetero) is 1. The second-order valence-corrected chi connectivity index (χ2v) is 8.64. The molecule has 2 aromatic heterocycles. The standard InChI is InChI=1S/C23H22FN3O3/c1-23(2)9-8-15-18(20(23)28)17(19-21(25-15)27(3)26-22(19)29)12-6-7-14(24)13(11-12)16-5-4-10-30-16/h4-7,10-11,17,25H,8-9H2,1-3H3,(H,26,29). The molecule has 0 bridgehead atoms. The van der Waals surface area contributed by atoms with Crippen molar-refractivity contribution in [1.29, 1.82) is 0 Å². The third-order valence-electron chi connectivity index (χ3n) is 6.25. The van der Waals surface area contributed by atoms with Gasteiger partial charge in [0.15, 0.2) is 5.78 Å². The first-order valence-corrected chi connectivity index (χ1v) is 9.95. The SMILES string of the molecule is Cn1[nH]c(=O)c2c1NC1=C(C(=O)C(C)(C)CC1)C2c1ccc(F)c(-c2ccco2)c1. The van der Waals surface area contributed by atoms with E-state index >= 15 is 0 Å². The highest BCUT2D eigenvalue weighted by Crippen LogP contribution is 2.48. The molecule has 30 heavy (non-hydrogen) atoms. The fraction of sp³-hybridized carbons (Fsp3) is 0.304. The number of benzene rings is 1. The lowest BCUT2D eigenvalue weighted by molar-refractivity contribution is -0.124.